The molecule has 0 aliphatic heterocycles. The van der Waals surface area contributed by atoms with Crippen LogP contribution < -0.4 is 0 Å². The largest absolute Gasteiger partial charge is 0.483 e. The van der Waals surface area contributed by atoms with Crippen LogP contribution in [0.2, 0.25) is 0 Å². The highest BCUT2D eigenvalue weighted by molar-refractivity contribution is 7.62. The third-order valence-electron chi connectivity index (χ3n) is 2.31. The van der Waals surface area contributed by atoms with Gasteiger partial charge in [-0.1, -0.05) is 0 Å². The van der Waals surface area contributed by atoms with E-state index in [0.29, 0.717) is 25.7 Å². The molecule has 0 radical (unpaired) electrons. The first-order valence-corrected chi connectivity index (χ1v) is 12.7. The first kappa shape index (κ1) is 26.4. The van der Waals surface area contributed by atoms with E-state index in [4.69, 9.17) is 68.8 Å². The van der Waals surface area contributed by atoms with E-state index in [1.54, 1.807) is 0 Å². The van der Waals surface area contributed by atoms with Gasteiger partial charge in [-0.25, -0.2) is 9.13 Å². The summed E-state index contributed by atoms with van der Waals surface area (Å²) in [6.45, 7) is -0.0357. The normalized spacial score (nSPS) is 12.6. The van der Waals surface area contributed by atoms with Crippen LogP contribution in [0.1, 0.15) is 25.7 Å². The Morgan fingerprint density at radius 1 is 0.520 bits per heavy atom. The Morgan fingerprint density at radius 3 is 0.960 bits per heavy atom. The Morgan fingerprint density at radius 2 is 0.760 bits per heavy atom. The van der Waals surface area contributed by atoms with Gasteiger partial charge in [0.05, 0.1) is 26.4 Å². The lowest BCUT2D eigenvalue weighted by Crippen LogP contribution is -2.07. The molecule has 0 aliphatic carbocycles. The van der Waals surface area contributed by atoms with E-state index in [0.717, 1.165) is 0 Å². The van der Waals surface area contributed by atoms with Crippen LogP contribution in [0, 0.1) is 0 Å². The Balaban J connectivity index is 4.97. The van der Waals surface area contributed by atoms with Gasteiger partial charge in [0.2, 0.25) is 0 Å². The van der Waals surface area contributed by atoms with E-state index in [2.05, 4.69) is 0 Å². The minimum atomic E-state index is -4.19. The third kappa shape index (κ3) is 14.1. The summed E-state index contributed by atoms with van der Waals surface area (Å²) < 4.78 is 51.0. The molecule has 0 saturated carbocycles. The first-order valence-electron chi connectivity index (χ1n) is 7.68. The fourth-order valence-corrected chi connectivity index (χ4v) is 4.95. The predicted molar refractivity (Wildman–Crippen MR) is 101 cm³/mol. The van der Waals surface area contributed by atoms with Crippen molar-refractivity contribution in [1.29, 1.82) is 0 Å². The topological polar surface area (TPSA) is 80.3 Å². The molecule has 0 aromatic heterocycles. The van der Waals surface area contributed by atoms with Crippen molar-refractivity contribution in [2.24, 2.45) is 0 Å². The zero-order valence-electron chi connectivity index (χ0n) is 13.7. The van der Waals surface area contributed by atoms with Gasteiger partial charge in [0.25, 0.3) is 0 Å². The number of hydrogen-bond donors (Lipinski definition) is 0. The number of phosphoric ester groups is 2. The van der Waals surface area contributed by atoms with E-state index >= 15 is 0 Å². The van der Waals surface area contributed by atoms with Crippen molar-refractivity contribution in [1.82, 2.24) is 0 Å². The summed E-state index contributed by atoms with van der Waals surface area (Å²) in [5.41, 5.74) is 0. The molecule has 0 heterocycles. The molecule has 0 saturated heterocycles. The molecule has 0 aromatic carbocycles. The van der Waals surface area contributed by atoms with Crippen LogP contribution in [0.15, 0.2) is 0 Å². The van der Waals surface area contributed by atoms with Crippen molar-refractivity contribution in [2.75, 3.05) is 49.9 Å². The Bertz CT molecular complexity index is 353. The first-order chi connectivity index (χ1) is 11.9. The lowest BCUT2D eigenvalue weighted by atomic mass is 10.5. The number of rotatable bonds is 18. The second-order valence-corrected chi connectivity index (χ2v) is 9.47. The zero-order valence-corrected chi connectivity index (χ0v) is 18.6. The van der Waals surface area contributed by atoms with Gasteiger partial charge in [-0.15, -0.1) is 46.4 Å². The molecule has 0 bridgehead atoms. The molecular formula is C12H24Cl4O7P2. The third-order valence-corrected chi connectivity index (χ3v) is 6.97. The standard InChI is InChI=1S/C12H24Cl4O7P2/c13-5-1-9-19-24(17,20-10-2-6-14)23-25(18,21-11-3-7-15)22-12-4-8-16/h1-12H2. The molecule has 0 atom stereocenters. The Labute approximate surface area is 169 Å². The van der Waals surface area contributed by atoms with Gasteiger partial charge in [0.15, 0.2) is 0 Å². The van der Waals surface area contributed by atoms with E-state index < -0.39 is 15.6 Å². The minimum Gasteiger partial charge on any atom is -0.287 e. The smallest absolute Gasteiger partial charge is 0.287 e. The van der Waals surface area contributed by atoms with Crippen molar-refractivity contribution in [3.63, 3.8) is 0 Å². The molecule has 0 aromatic rings. The molecular weight excluding hydrogens is 460 g/mol. The van der Waals surface area contributed by atoms with Crippen molar-refractivity contribution < 1.29 is 31.5 Å². The number of alkyl halides is 4. The van der Waals surface area contributed by atoms with E-state index in [-0.39, 0.29) is 49.9 Å². The summed E-state index contributed by atoms with van der Waals surface area (Å²) in [6.07, 6.45) is 1.60. The summed E-state index contributed by atoms with van der Waals surface area (Å²) in [4.78, 5) is 0. The maximum atomic E-state index is 12.7. The molecule has 0 N–H and O–H groups in total. The van der Waals surface area contributed by atoms with Crippen molar-refractivity contribution in [2.45, 2.75) is 25.7 Å². The van der Waals surface area contributed by atoms with E-state index in [9.17, 15) is 9.13 Å². The lowest BCUT2D eigenvalue weighted by Gasteiger charge is -2.23. The Hall–Kier alpha value is 1.42. The van der Waals surface area contributed by atoms with Crippen LogP contribution >= 0.6 is 62.0 Å². The second-order valence-electron chi connectivity index (χ2n) is 4.48. The monoisotopic (exact) mass is 482 g/mol. The number of hydrogen-bond acceptors (Lipinski definition) is 7. The molecule has 13 heteroatoms. The predicted octanol–water partition coefficient (Wildman–Crippen LogP) is 5.80. The lowest BCUT2D eigenvalue weighted by molar-refractivity contribution is 0.109. The van der Waals surface area contributed by atoms with Gasteiger partial charge >= 0.3 is 15.6 Å². The van der Waals surface area contributed by atoms with Crippen LogP contribution in [0.5, 0.6) is 0 Å². The van der Waals surface area contributed by atoms with Crippen molar-refractivity contribution >= 4 is 62.0 Å². The maximum absolute atomic E-state index is 12.7. The minimum absolute atomic E-state index is 0.00892. The average molecular weight is 484 g/mol. The molecule has 0 aliphatic rings. The molecule has 0 fully saturated rings. The number of phosphoric acid groups is 2. The summed E-state index contributed by atoms with van der Waals surface area (Å²) in [7, 11) is -8.39. The van der Waals surface area contributed by atoms with Gasteiger partial charge in [0, 0.05) is 23.5 Å². The fraction of sp³-hybridized carbons (Fsp3) is 1.00. The van der Waals surface area contributed by atoms with Gasteiger partial charge in [-0.2, -0.15) is 4.31 Å². The van der Waals surface area contributed by atoms with Crippen molar-refractivity contribution in [3.05, 3.63) is 0 Å². The highest BCUT2D eigenvalue weighted by atomic mass is 35.5. The summed E-state index contributed by atoms with van der Waals surface area (Å²) in [5, 5.41) is 0. The van der Waals surface area contributed by atoms with Crippen LogP contribution in [-0.4, -0.2) is 49.9 Å². The van der Waals surface area contributed by atoms with Crippen molar-refractivity contribution in [3.8, 4) is 0 Å². The van der Waals surface area contributed by atoms with E-state index in [1.165, 1.54) is 0 Å². The summed E-state index contributed by atoms with van der Waals surface area (Å²) in [6, 6.07) is 0. The van der Waals surface area contributed by atoms with Gasteiger partial charge in [0.1, 0.15) is 0 Å². The molecule has 7 nitrogen and oxygen atoms in total. The number of halogens is 4. The molecule has 152 valence electrons. The fourth-order valence-electron chi connectivity index (χ4n) is 1.21. The highest BCUT2D eigenvalue weighted by Crippen LogP contribution is 2.66. The average Bonchev–Trinajstić information content (AvgIpc) is 2.56. The molecule has 0 rings (SSSR count). The molecule has 25 heavy (non-hydrogen) atoms. The Kier molecular flexibility index (Phi) is 17.3. The molecule has 0 unspecified atom stereocenters. The summed E-state index contributed by atoms with van der Waals surface area (Å²) >= 11 is 22.2. The highest BCUT2D eigenvalue weighted by Gasteiger charge is 2.40. The summed E-state index contributed by atoms with van der Waals surface area (Å²) in [5.74, 6) is 1.16. The zero-order chi connectivity index (χ0) is 19.0. The van der Waals surface area contributed by atoms with Gasteiger partial charge in [-0.05, 0) is 25.7 Å². The quantitative estimate of drug-likeness (QED) is 0.138. The molecule has 0 amide bonds. The van der Waals surface area contributed by atoms with Gasteiger partial charge in [-0.3, -0.25) is 18.1 Å². The van der Waals surface area contributed by atoms with Crippen LogP contribution in [0.3, 0.4) is 0 Å². The second kappa shape index (κ2) is 16.4. The van der Waals surface area contributed by atoms with Crippen LogP contribution in [0.4, 0.5) is 0 Å². The molecule has 0 spiro atoms. The SMILES string of the molecule is O=P(OCCCCl)(OCCCCl)OP(=O)(OCCCCl)OCCCCl. The van der Waals surface area contributed by atoms with Crippen LogP contribution in [-0.2, 0) is 31.5 Å². The van der Waals surface area contributed by atoms with E-state index in [1.807, 2.05) is 0 Å². The maximum Gasteiger partial charge on any atom is 0.483 e. The van der Waals surface area contributed by atoms with Crippen LogP contribution in [0.25, 0.3) is 0 Å². The van der Waals surface area contributed by atoms with Gasteiger partial charge < -0.3 is 0 Å².